The number of benzene rings is 1. The minimum absolute atomic E-state index is 0.0177. The number of nitrogens with zero attached hydrogens (tertiary/aromatic N) is 2. The third kappa shape index (κ3) is 1.54. The van der Waals surface area contributed by atoms with Crippen molar-refractivity contribution in [1.82, 2.24) is 4.57 Å². The van der Waals surface area contributed by atoms with Crippen molar-refractivity contribution in [2.24, 2.45) is 12.5 Å². The van der Waals surface area contributed by atoms with Crippen molar-refractivity contribution in [3.8, 4) is 0 Å². The number of rotatable bonds is 0. The van der Waals surface area contributed by atoms with E-state index in [2.05, 4.69) is 89.2 Å². The van der Waals surface area contributed by atoms with Gasteiger partial charge in [-0.3, -0.25) is 0 Å². The largest absolute Gasteiger partial charge is 0.462 e. The van der Waals surface area contributed by atoms with Crippen LogP contribution in [-0.2, 0) is 18.0 Å². The molecule has 1 unspecified atom stereocenters. The summed E-state index contributed by atoms with van der Waals surface area (Å²) < 4.78 is 8.37. The summed E-state index contributed by atoms with van der Waals surface area (Å²) in [6.07, 6.45) is 1.82. The van der Waals surface area contributed by atoms with Gasteiger partial charge >= 0.3 is 0 Å². The van der Waals surface area contributed by atoms with Gasteiger partial charge in [0.15, 0.2) is 5.58 Å². The summed E-state index contributed by atoms with van der Waals surface area (Å²) in [6, 6.07) is 9.19. The molecule has 3 heteroatoms. The Morgan fingerprint density at radius 3 is 2.44 bits per heavy atom. The summed E-state index contributed by atoms with van der Waals surface area (Å²) in [4.78, 5) is 2.69. The third-order valence-electron chi connectivity index (χ3n) is 8.52. The highest BCUT2D eigenvalue weighted by atomic mass is 16.3. The molecule has 2 aliphatic heterocycles. The van der Waals surface area contributed by atoms with E-state index in [1.165, 1.54) is 33.6 Å². The van der Waals surface area contributed by atoms with Crippen LogP contribution in [0.25, 0.3) is 11.1 Å². The maximum atomic E-state index is 5.99. The first-order chi connectivity index (χ1) is 12.6. The van der Waals surface area contributed by atoms with Gasteiger partial charge < -0.3 is 13.9 Å². The lowest BCUT2D eigenvalue weighted by Gasteiger charge is -2.62. The number of aryl methyl sites for hydroxylation is 2. The summed E-state index contributed by atoms with van der Waals surface area (Å²) in [7, 11) is 2.20. The quantitative estimate of drug-likeness (QED) is 0.475. The number of fused-ring (bicyclic) bond motifs is 7. The second-order valence-electron chi connectivity index (χ2n) is 9.80. The summed E-state index contributed by atoms with van der Waals surface area (Å²) >= 11 is 0. The summed E-state index contributed by atoms with van der Waals surface area (Å²) in [5.41, 5.74) is 9.19. The van der Waals surface area contributed by atoms with Crippen LogP contribution < -0.4 is 4.90 Å². The fourth-order valence-electron chi connectivity index (χ4n) is 6.23. The minimum atomic E-state index is -0.124. The van der Waals surface area contributed by atoms with Crippen molar-refractivity contribution < 1.29 is 4.42 Å². The number of hydrogen-bond acceptors (Lipinski definition) is 2. The molecule has 0 N–H and O–H groups in total. The Balaban J connectivity index is 1.97. The highest BCUT2D eigenvalue weighted by Crippen LogP contribution is 2.68. The predicted molar refractivity (Wildman–Crippen MR) is 111 cm³/mol. The lowest BCUT2D eigenvalue weighted by atomic mass is 9.52. The Morgan fingerprint density at radius 2 is 1.74 bits per heavy atom. The van der Waals surface area contributed by atoms with Gasteiger partial charge in [0, 0.05) is 29.8 Å². The Morgan fingerprint density at radius 1 is 1.04 bits per heavy atom. The molecule has 0 bridgehead atoms. The minimum Gasteiger partial charge on any atom is -0.462 e. The number of para-hydroxylation sites is 1. The lowest BCUT2D eigenvalue weighted by molar-refractivity contribution is 0.0608. The van der Waals surface area contributed by atoms with Gasteiger partial charge in [0.1, 0.15) is 0 Å². The van der Waals surface area contributed by atoms with Gasteiger partial charge in [-0.15, -0.1) is 0 Å². The summed E-state index contributed by atoms with van der Waals surface area (Å²) in [5.74, 6) is 0. The van der Waals surface area contributed by atoms with E-state index in [1.54, 1.807) is 0 Å². The monoisotopic (exact) mass is 362 g/mol. The second kappa shape index (κ2) is 4.63. The summed E-state index contributed by atoms with van der Waals surface area (Å²) in [5, 5.41) is 0. The fraction of sp³-hybridized carbons (Fsp3) is 0.500. The first-order valence-corrected chi connectivity index (χ1v) is 10.0. The molecule has 27 heavy (non-hydrogen) atoms. The van der Waals surface area contributed by atoms with Crippen LogP contribution in [0.15, 0.2) is 34.9 Å². The zero-order valence-electron chi connectivity index (χ0n) is 17.8. The number of aromatic nitrogens is 1. The first kappa shape index (κ1) is 17.0. The van der Waals surface area contributed by atoms with Gasteiger partial charge in [0.25, 0.3) is 0 Å². The molecular formula is C24H30N2O. The van der Waals surface area contributed by atoms with Gasteiger partial charge in [-0.2, -0.15) is 0 Å². The van der Waals surface area contributed by atoms with E-state index in [0.717, 1.165) is 5.58 Å². The van der Waals surface area contributed by atoms with Crippen LogP contribution in [0.1, 0.15) is 70.0 Å². The van der Waals surface area contributed by atoms with Crippen molar-refractivity contribution in [3.63, 3.8) is 0 Å². The molecule has 0 spiro atoms. The van der Waals surface area contributed by atoms with Gasteiger partial charge in [-0.05, 0) is 37.3 Å². The van der Waals surface area contributed by atoms with Crippen LogP contribution in [0.5, 0.6) is 0 Å². The van der Waals surface area contributed by atoms with Gasteiger partial charge in [-0.25, -0.2) is 0 Å². The zero-order valence-corrected chi connectivity index (χ0v) is 17.8. The Labute approximate surface area is 162 Å². The highest BCUT2D eigenvalue weighted by molar-refractivity contribution is 5.86. The van der Waals surface area contributed by atoms with Gasteiger partial charge in [0.05, 0.1) is 29.1 Å². The maximum Gasteiger partial charge on any atom is 0.157 e. The van der Waals surface area contributed by atoms with Crippen molar-refractivity contribution in [2.75, 3.05) is 4.90 Å². The van der Waals surface area contributed by atoms with E-state index < -0.39 is 0 Å². The molecule has 2 aliphatic rings. The molecule has 2 aromatic heterocycles. The molecule has 0 saturated heterocycles. The Bertz CT molecular complexity index is 1100. The molecule has 142 valence electrons. The Hall–Kier alpha value is -2.16. The highest BCUT2D eigenvalue weighted by Gasteiger charge is 2.65. The molecule has 0 saturated carbocycles. The maximum absolute atomic E-state index is 5.99. The standard InChI is InChI=1S/C24H30N2O/c1-14-10-9-11-16-19(14)26-15(2)18-20-17(12-13-27-20)25(8)21(18)24(26,7)23(5,6)22(16,3)4/h9-13,15H,1-8H3/t15-,24?/m0/s1. The molecule has 0 fully saturated rings. The van der Waals surface area contributed by atoms with E-state index in [-0.39, 0.29) is 22.4 Å². The molecule has 3 aromatic rings. The molecule has 1 aromatic carbocycles. The smallest absolute Gasteiger partial charge is 0.157 e. The summed E-state index contributed by atoms with van der Waals surface area (Å²) in [6.45, 7) is 16.8. The van der Waals surface area contributed by atoms with Crippen LogP contribution in [-0.4, -0.2) is 4.57 Å². The SMILES string of the molecule is Cc1cccc2c1N1[C@@H](C)c3c(n(C)c4ccoc34)C1(C)C(C)(C)C2(C)C. The number of furan rings is 1. The van der Waals surface area contributed by atoms with Crippen LogP contribution in [0, 0.1) is 12.3 Å². The molecule has 0 aliphatic carbocycles. The molecular weight excluding hydrogens is 332 g/mol. The third-order valence-corrected chi connectivity index (χ3v) is 8.52. The van der Waals surface area contributed by atoms with E-state index in [1.807, 2.05) is 6.26 Å². The normalized spacial score (nSPS) is 27.6. The Kier molecular flexibility index (Phi) is 2.91. The predicted octanol–water partition coefficient (Wildman–Crippen LogP) is 6.19. The fourth-order valence-corrected chi connectivity index (χ4v) is 6.23. The van der Waals surface area contributed by atoms with Crippen molar-refractivity contribution >= 4 is 16.8 Å². The van der Waals surface area contributed by atoms with Gasteiger partial charge in [0.2, 0.25) is 0 Å². The van der Waals surface area contributed by atoms with E-state index in [4.69, 9.17) is 4.42 Å². The van der Waals surface area contributed by atoms with Crippen LogP contribution >= 0.6 is 0 Å². The molecule has 3 nitrogen and oxygen atoms in total. The molecule has 0 amide bonds. The van der Waals surface area contributed by atoms with Crippen LogP contribution in [0.3, 0.4) is 0 Å². The molecule has 4 heterocycles. The van der Waals surface area contributed by atoms with Crippen molar-refractivity contribution in [2.45, 2.75) is 65.5 Å². The van der Waals surface area contributed by atoms with Gasteiger partial charge in [-0.1, -0.05) is 45.9 Å². The first-order valence-electron chi connectivity index (χ1n) is 10.0. The van der Waals surface area contributed by atoms with E-state index in [9.17, 15) is 0 Å². The average Bonchev–Trinajstić information content (AvgIpc) is 3.22. The molecule has 2 atom stereocenters. The number of hydrogen-bond donors (Lipinski definition) is 0. The van der Waals surface area contributed by atoms with E-state index >= 15 is 0 Å². The zero-order chi connectivity index (χ0) is 19.5. The average molecular weight is 363 g/mol. The van der Waals surface area contributed by atoms with Crippen LogP contribution in [0.2, 0.25) is 0 Å². The number of anilines is 1. The molecule has 0 radical (unpaired) electrons. The second-order valence-corrected chi connectivity index (χ2v) is 9.80. The van der Waals surface area contributed by atoms with Crippen molar-refractivity contribution in [3.05, 3.63) is 52.9 Å². The lowest BCUT2D eigenvalue weighted by Crippen LogP contribution is -2.62. The topological polar surface area (TPSA) is 21.3 Å². The van der Waals surface area contributed by atoms with E-state index in [0.29, 0.717) is 0 Å². The van der Waals surface area contributed by atoms with Crippen LogP contribution in [0.4, 0.5) is 5.69 Å². The molecule has 5 rings (SSSR count). The van der Waals surface area contributed by atoms with Crippen molar-refractivity contribution in [1.29, 1.82) is 0 Å².